The molecule has 0 aliphatic heterocycles. The van der Waals surface area contributed by atoms with Gasteiger partial charge in [0.25, 0.3) is 0 Å². The molecule has 0 spiro atoms. The molecule has 0 aliphatic carbocycles. The molecule has 0 saturated heterocycles. The number of hydrogen-bond acceptors (Lipinski definition) is 2. The fraction of sp³-hybridized carbons (Fsp3) is 0.438. The second-order valence-corrected chi connectivity index (χ2v) is 4.85. The highest BCUT2D eigenvalue weighted by Crippen LogP contribution is 2.18. The van der Waals surface area contributed by atoms with Crippen LogP contribution in [-0.2, 0) is 25.8 Å². The van der Waals surface area contributed by atoms with Crippen LogP contribution in [-0.4, -0.2) is 9.55 Å². The highest BCUT2D eigenvalue weighted by Gasteiger charge is 2.12. The zero-order valence-electron chi connectivity index (χ0n) is 11.9. The summed E-state index contributed by atoms with van der Waals surface area (Å²) in [6, 6.07) is 10.5. The summed E-state index contributed by atoms with van der Waals surface area (Å²) in [7, 11) is 0. The van der Waals surface area contributed by atoms with Gasteiger partial charge in [0.1, 0.15) is 11.6 Å². The first-order valence-electron chi connectivity index (χ1n) is 7.13. The number of rotatable bonds is 6. The van der Waals surface area contributed by atoms with E-state index >= 15 is 0 Å². The molecule has 3 nitrogen and oxygen atoms in total. The van der Waals surface area contributed by atoms with Gasteiger partial charge in [0, 0.05) is 13.0 Å². The van der Waals surface area contributed by atoms with Gasteiger partial charge >= 0.3 is 0 Å². The number of aryl methyl sites for hydroxylation is 3. The Morgan fingerprint density at radius 2 is 1.84 bits per heavy atom. The zero-order chi connectivity index (χ0) is 13.7. The van der Waals surface area contributed by atoms with Crippen LogP contribution in [0.5, 0.6) is 0 Å². The standard InChI is InChI=1S/C16H23N3/c1-3-12-19-15(4-2)18-14(16(19)17)11-10-13-8-6-5-7-9-13/h5-9H,3-4,10-12,17H2,1-2H3. The fourth-order valence-electron chi connectivity index (χ4n) is 2.40. The highest BCUT2D eigenvalue weighted by molar-refractivity contribution is 5.39. The Morgan fingerprint density at radius 1 is 1.11 bits per heavy atom. The first-order chi connectivity index (χ1) is 9.26. The second-order valence-electron chi connectivity index (χ2n) is 4.85. The van der Waals surface area contributed by atoms with Gasteiger partial charge in [0.2, 0.25) is 0 Å². The lowest BCUT2D eigenvalue weighted by Gasteiger charge is -2.06. The Kier molecular flexibility index (Phi) is 4.61. The molecular formula is C16H23N3. The van der Waals surface area contributed by atoms with Crippen molar-refractivity contribution in [2.75, 3.05) is 5.73 Å². The molecule has 0 atom stereocenters. The Balaban J connectivity index is 2.12. The van der Waals surface area contributed by atoms with Crippen LogP contribution in [0.1, 0.15) is 37.4 Å². The maximum Gasteiger partial charge on any atom is 0.126 e. The van der Waals surface area contributed by atoms with E-state index in [2.05, 4.69) is 42.7 Å². The van der Waals surface area contributed by atoms with Gasteiger partial charge in [-0.05, 0) is 24.8 Å². The molecule has 2 rings (SSSR count). The molecule has 0 radical (unpaired) electrons. The Bertz CT molecular complexity index is 514. The van der Waals surface area contributed by atoms with E-state index < -0.39 is 0 Å². The third kappa shape index (κ3) is 3.16. The molecular weight excluding hydrogens is 234 g/mol. The first-order valence-corrected chi connectivity index (χ1v) is 7.13. The van der Waals surface area contributed by atoms with Gasteiger partial charge in [-0.1, -0.05) is 44.2 Å². The van der Waals surface area contributed by atoms with Crippen LogP contribution in [0.4, 0.5) is 5.82 Å². The summed E-state index contributed by atoms with van der Waals surface area (Å²) in [5.41, 5.74) is 8.62. The summed E-state index contributed by atoms with van der Waals surface area (Å²) >= 11 is 0. The lowest BCUT2D eigenvalue weighted by molar-refractivity contribution is 0.650. The van der Waals surface area contributed by atoms with E-state index in [0.717, 1.165) is 49.6 Å². The molecule has 3 heteroatoms. The molecule has 0 saturated carbocycles. The van der Waals surface area contributed by atoms with Crippen molar-refractivity contribution >= 4 is 5.82 Å². The van der Waals surface area contributed by atoms with Crippen molar-refractivity contribution in [1.82, 2.24) is 9.55 Å². The van der Waals surface area contributed by atoms with Gasteiger partial charge in [-0.15, -0.1) is 0 Å². The molecule has 19 heavy (non-hydrogen) atoms. The van der Waals surface area contributed by atoms with E-state index in [-0.39, 0.29) is 0 Å². The van der Waals surface area contributed by atoms with E-state index in [1.807, 2.05) is 6.07 Å². The lowest BCUT2D eigenvalue weighted by atomic mass is 10.1. The number of nitrogens with zero attached hydrogens (tertiary/aromatic N) is 2. The number of hydrogen-bond donors (Lipinski definition) is 1. The first kappa shape index (κ1) is 13.7. The second kappa shape index (κ2) is 6.41. The smallest absolute Gasteiger partial charge is 0.126 e. The van der Waals surface area contributed by atoms with Crippen molar-refractivity contribution in [3.63, 3.8) is 0 Å². The van der Waals surface area contributed by atoms with Crippen molar-refractivity contribution in [3.05, 3.63) is 47.4 Å². The minimum atomic E-state index is 0.856. The number of benzene rings is 1. The van der Waals surface area contributed by atoms with Crippen LogP contribution in [0.15, 0.2) is 30.3 Å². The summed E-state index contributed by atoms with van der Waals surface area (Å²) in [4.78, 5) is 4.70. The molecule has 0 aliphatic rings. The summed E-state index contributed by atoms with van der Waals surface area (Å²) < 4.78 is 2.17. The molecule has 2 aromatic rings. The van der Waals surface area contributed by atoms with Crippen molar-refractivity contribution < 1.29 is 0 Å². The number of nitrogen functional groups attached to an aromatic ring is 1. The summed E-state index contributed by atoms with van der Waals surface area (Å²) in [6.07, 6.45) is 3.94. The Labute approximate surface area is 115 Å². The highest BCUT2D eigenvalue weighted by atomic mass is 15.1. The lowest BCUT2D eigenvalue weighted by Crippen LogP contribution is -2.06. The van der Waals surface area contributed by atoms with E-state index in [1.54, 1.807) is 0 Å². The molecule has 1 heterocycles. The molecule has 2 N–H and O–H groups in total. The Hall–Kier alpha value is -1.77. The number of nitrogens with two attached hydrogens (primary N) is 1. The molecule has 0 fully saturated rings. The average Bonchev–Trinajstić information content (AvgIpc) is 2.75. The number of imidazole rings is 1. The van der Waals surface area contributed by atoms with Crippen LogP contribution in [0.3, 0.4) is 0 Å². The summed E-state index contributed by atoms with van der Waals surface area (Å²) in [5.74, 6) is 1.97. The number of anilines is 1. The van der Waals surface area contributed by atoms with Crippen molar-refractivity contribution in [2.45, 2.75) is 46.1 Å². The maximum absolute atomic E-state index is 6.23. The molecule has 1 aromatic carbocycles. The Morgan fingerprint density at radius 3 is 2.47 bits per heavy atom. The molecule has 0 amide bonds. The van der Waals surface area contributed by atoms with Crippen molar-refractivity contribution in [3.8, 4) is 0 Å². The minimum Gasteiger partial charge on any atom is -0.384 e. The SMILES string of the molecule is CCCn1c(CC)nc(CCc2ccccc2)c1N. The monoisotopic (exact) mass is 257 g/mol. The quantitative estimate of drug-likeness (QED) is 0.863. The molecule has 102 valence electrons. The topological polar surface area (TPSA) is 43.8 Å². The number of aromatic nitrogens is 2. The normalized spacial score (nSPS) is 10.8. The van der Waals surface area contributed by atoms with E-state index in [9.17, 15) is 0 Å². The van der Waals surface area contributed by atoms with E-state index in [0.29, 0.717) is 0 Å². The zero-order valence-corrected chi connectivity index (χ0v) is 11.9. The molecule has 0 bridgehead atoms. The predicted molar refractivity (Wildman–Crippen MR) is 80.2 cm³/mol. The van der Waals surface area contributed by atoms with Gasteiger partial charge in [-0.3, -0.25) is 0 Å². The third-order valence-electron chi connectivity index (χ3n) is 3.42. The van der Waals surface area contributed by atoms with E-state index in [4.69, 9.17) is 10.7 Å². The predicted octanol–water partition coefficient (Wildman–Crippen LogP) is 3.22. The van der Waals surface area contributed by atoms with Crippen LogP contribution in [0.2, 0.25) is 0 Å². The molecule has 1 aromatic heterocycles. The van der Waals surface area contributed by atoms with Gasteiger partial charge < -0.3 is 10.3 Å². The van der Waals surface area contributed by atoms with Gasteiger partial charge in [-0.25, -0.2) is 4.98 Å². The third-order valence-corrected chi connectivity index (χ3v) is 3.42. The molecule has 0 unspecified atom stereocenters. The van der Waals surface area contributed by atoms with Crippen molar-refractivity contribution in [1.29, 1.82) is 0 Å². The minimum absolute atomic E-state index is 0.856. The average molecular weight is 257 g/mol. The summed E-state index contributed by atoms with van der Waals surface area (Å²) in [5, 5.41) is 0. The van der Waals surface area contributed by atoms with Gasteiger partial charge in [0.05, 0.1) is 5.69 Å². The maximum atomic E-state index is 6.23. The van der Waals surface area contributed by atoms with Crippen LogP contribution < -0.4 is 5.73 Å². The van der Waals surface area contributed by atoms with Gasteiger partial charge in [-0.2, -0.15) is 0 Å². The van der Waals surface area contributed by atoms with E-state index in [1.165, 1.54) is 5.56 Å². The van der Waals surface area contributed by atoms with Gasteiger partial charge in [0.15, 0.2) is 0 Å². The van der Waals surface area contributed by atoms with Crippen LogP contribution in [0, 0.1) is 0 Å². The van der Waals surface area contributed by atoms with Crippen LogP contribution in [0.25, 0.3) is 0 Å². The van der Waals surface area contributed by atoms with Crippen molar-refractivity contribution in [2.24, 2.45) is 0 Å². The van der Waals surface area contributed by atoms with Crippen LogP contribution >= 0.6 is 0 Å². The summed E-state index contributed by atoms with van der Waals surface area (Å²) in [6.45, 7) is 5.27. The largest absolute Gasteiger partial charge is 0.384 e. The fourth-order valence-corrected chi connectivity index (χ4v) is 2.40.